The molecule has 1 spiro atoms. The maximum Gasteiger partial charge on any atom is 0.102 e. The van der Waals surface area contributed by atoms with Crippen molar-refractivity contribution in [2.75, 3.05) is 39.4 Å². The van der Waals surface area contributed by atoms with Gasteiger partial charge in [0.25, 0.3) is 0 Å². The van der Waals surface area contributed by atoms with Crippen LogP contribution in [-0.2, 0) is 0 Å². The van der Waals surface area contributed by atoms with Crippen molar-refractivity contribution in [2.45, 2.75) is 25.7 Å². The highest BCUT2D eigenvalue weighted by atomic mass is 19.1. The molecule has 3 heteroatoms. The van der Waals surface area contributed by atoms with Crippen LogP contribution >= 0.6 is 0 Å². The third kappa shape index (κ3) is 2.26. The predicted molar refractivity (Wildman–Crippen MR) is 56.2 cm³/mol. The Labute approximate surface area is 85.9 Å². The van der Waals surface area contributed by atoms with Crippen molar-refractivity contribution in [3.8, 4) is 0 Å². The zero-order valence-electron chi connectivity index (χ0n) is 8.90. The molecule has 2 fully saturated rings. The van der Waals surface area contributed by atoms with Gasteiger partial charge in [0, 0.05) is 19.6 Å². The Morgan fingerprint density at radius 1 is 1.29 bits per heavy atom. The average molecular weight is 200 g/mol. The van der Waals surface area contributed by atoms with E-state index in [0.717, 1.165) is 19.6 Å². The number of hydrogen-bond acceptors (Lipinski definition) is 2. The number of likely N-dealkylation sites (tertiary alicyclic amines) is 1. The van der Waals surface area contributed by atoms with Crippen molar-refractivity contribution in [1.29, 1.82) is 0 Å². The molecule has 14 heavy (non-hydrogen) atoms. The Balaban J connectivity index is 1.91. The lowest BCUT2D eigenvalue weighted by Gasteiger charge is -2.45. The number of nitrogens with zero attached hydrogens (tertiary/aromatic N) is 1. The maximum absolute atomic E-state index is 12.3. The van der Waals surface area contributed by atoms with Crippen LogP contribution in [0.25, 0.3) is 0 Å². The lowest BCUT2D eigenvalue weighted by Crippen LogP contribution is -2.51. The smallest absolute Gasteiger partial charge is 0.102 e. The van der Waals surface area contributed by atoms with Gasteiger partial charge in [-0.3, -0.25) is 0 Å². The molecule has 2 aliphatic heterocycles. The van der Waals surface area contributed by atoms with Crippen LogP contribution < -0.4 is 5.32 Å². The molecule has 0 aromatic rings. The van der Waals surface area contributed by atoms with Gasteiger partial charge in [-0.25, -0.2) is 4.39 Å². The van der Waals surface area contributed by atoms with E-state index in [0.29, 0.717) is 12.0 Å². The fraction of sp³-hybridized carbons (Fsp3) is 1.00. The molecule has 0 aromatic heterocycles. The van der Waals surface area contributed by atoms with Gasteiger partial charge in [-0.15, -0.1) is 0 Å². The van der Waals surface area contributed by atoms with E-state index >= 15 is 0 Å². The third-order valence-corrected chi connectivity index (χ3v) is 3.70. The van der Waals surface area contributed by atoms with E-state index in [9.17, 15) is 4.39 Å². The van der Waals surface area contributed by atoms with E-state index in [4.69, 9.17) is 0 Å². The second kappa shape index (κ2) is 4.58. The van der Waals surface area contributed by atoms with E-state index < -0.39 is 0 Å². The zero-order chi connectivity index (χ0) is 9.86. The summed E-state index contributed by atoms with van der Waals surface area (Å²) in [5, 5.41) is 3.49. The Bertz CT molecular complexity index is 171. The molecule has 2 rings (SSSR count). The van der Waals surface area contributed by atoms with Gasteiger partial charge in [0.05, 0.1) is 0 Å². The zero-order valence-corrected chi connectivity index (χ0v) is 8.90. The topological polar surface area (TPSA) is 15.3 Å². The maximum atomic E-state index is 12.3. The highest BCUT2D eigenvalue weighted by molar-refractivity contribution is 4.91. The summed E-state index contributed by atoms with van der Waals surface area (Å²) in [7, 11) is 0. The van der Waals surface area contributed by atoms with Gasteiger partial charge >= 0.3 is 0 Å². The van der Waals surface area contributed by atoms with Crippen LogP contribution in [0.1, 0.15) is 25.7 Å². The van der Waals surface area contributed by atoms with Gasteiger partial charge in [-0.2, -0.15) is 0 Å². The van der Waals surface area contributed by atoms with Gasteiger partial charge in [-0.05, 0) is 44.2 Å². The number of piperidine rings is 2. The highest BCUT2D eigenvalue weighted by Crippen LogP contribution is 2.35. The highest BCUT2D eigenvalue weighted by Gasteiger charge is 2.36. The minimum absolute atomic E-state index is 0.191. The first-order valence-electron chi connectivity index (χ1n) is 5.84. The molecule has 0 aromatic carbocycles. The second-order valence-electron chi connectivity index (χ2n) is 4.85. The normalized spacial score (nSPS) is 34.9. The number of alkyl halides is 1. The lowest BCUT2D eigenvalue weighted by molar-refractivity contribution is 0.0611. The van der Waals surface area contributed by atoms with Crippen LogP contribution in [0.3, 0.4) is 0 Å². The molecule has 0 aliphatic carbocycles. The van der Waals surface area contributed by atoms with E-state index in [1.54, 1.807) is 0 Å². The third-order valence-electron chi connectivity index (χ3n) is 3.70. The quantitative estimate of drug-likeness (QED) is 0.725. The van der Waals surface area contributed by atoms with Gasteiger partial charge in [0.1, 0.15) is 6.67 Å². The van der Waals surface area contributed by atoms with Crippen LogP contribution in [0, 0.1) is 5.41 Å². The van der Waals surface area contributed by atoms with Crippen molar-refractivity contribution in [3.05, 3.63) is 0 Å². The summed E-state index contributed by atoms with van der Waals surface area (Å²) in [4.78, 5) is 2.30. The SMILES string of the molecule is FCCN1CCCC2(CCCNC2)C1. The second-order valence-corrected chi connectivity index (χ2v) is 4.85. The summed E-state index contributed by atoms with van der Waals surface area (Å²) in [6.07, 6.45) is 5.22. The monoisotopic (exact) mass is 200 g/mol. The fourth-order valence-electron chi connectivity index (χ4n) is 3.00. The summed E-state index contributed by atoms with van der Waals surface area (Å²) in [5.74, 6) is 0. The van der Waals surface area contributed by atoms with E-state index in [2.05, 4.69) is 10.2 Å². The molecule has 0 amide bonds. The molecular weight excluding hydrogens is 179 g/mol. The molecule has 2 nitrogen and oxygen atoms in total. The van der Waals surface area contributed by atoms with Crippen LogP contribution in [0.15, 0.2) is 0 Å². The first kappa shape index (κ1) is 10.4. The molecule has 82 valence electrons. The number of hydrogen-bond donors (Lipinski definition) is 1. The number of nitrogens with one attached hydrogen (secondary N) is 1. The molecule has 0 bridgehead atoms. The number of rotatable bonds is 2. The molecule has 2 aliphatic rings. The standard InChI is InChI=1S/C11H21FN2/c12-5-8-14-7-2-4-11(10-14)3-1-6-13-9-11/h13H,1-10H2. The van der Waals surface area contributed by atoms with Crippen LogP contribution in [0.2, 0.25) is 0 Å². The lowest BCUT2D eigenvalue weighted by atomic mass is 9.74. The Morgan fingerprint density at radius 2 is 2.14 bits per heavy atom. The first-order valence-corrected chi connectivity index (χ1v) is 5.84. The van der Waals surface area contributed by atoms with Crippen molar-refractivity contribution < 1.29 is 4.39 Å². The Morgan fingerprint density at radius 3 is 2.86 bits per heavy atom. The summed E-state index contributed by atoms with van der Waals surface area (Å²) in [5.41, 5.74) is 0.478. The van der Waals surface area contributed by atoms with Gasteiger partial charge in [0.2, 0.25) is 0 Å². The van der Waals surface area contributed by atoms with Gasteiger partial charge < -0.3 is 10.2 Å². The average Bonchev–Trinajstić information content (AvgIpc) is 2.19. The predicted octanol–water partition coefficient (Wildman–Crippen LogP) is 1.42. The summed E-state index contributed by atoms with van der Waals surface area (Å²) < 4.78 is 12.3. The van der Waals surface area contributed by atoms with E-state index in [1.807, 2.05) is 0 Å². The molecule has 1 atom stereocenters. The van der Waals surface area contributed by atoms with Crippen LogP contribution in [-0.4, -0.2) is 44.3 Å². The van der Waals surface area contributed by atoms with Crippen molar-refractivity contribution in [1.82, 2.24) is 10.2 Å². The van der Waals surface area contributed by atoms with Crippen molar-refractivity contribution in [3.63, 3.8) is 0 Å². The van der Waals surface area contributed by atoms with Crippen molar-refractivity contribution >= 4 is 0 Å². The molecule has 0 radical (unpaired) electrons. The van der Waals surface area contributed by atoms with E-state index in [-0.39, 0.29) is 6.67 Å². The summed E-state index contributed by atoms with van der Waals surface area (Å²) in [6.45, 7) is 4.99. The molecule has 2 heterocycles. The molecular formula is C11H21FN2. The Hall–Kier alpha value is -0.150. The first-order chi connectivity index (χ1) is 6.85. The minimum Gasteiger partial charge on any atom is -0.316 e. The van der Waals surface area contributed by atoms with E-state index in [1.165, 1.54) is 32.2 Å². The summed E-state index contributed by atoms with van der Waals surface area (Å²) in [6, 6.07) is 0. The molecule has 0 saturated carbocycles. The van der Waals surface area contributed by atoms with Gasteiger partial charge in [-0.1, -0.05) is 0 Å². The fourth-order valence-corrected chi connectivity index (χ4v) is 3.00. The molecule has 1 N–H and O–H groups in total. The largest absolute Gasteiger partial charge is 0.316 e. The molecule has 1 unspecified atom stereocenters. The minimum atomic E-state index is -0.191. The van der Waals surface area contributed by atoms with Crippen LogP contribution in [0.5, 0.6) is 0 Å². The van der Waals surface area contributed by atoms with Crippen LogP contribution in [0.4, 0.5) is 4.39 Å². The molecule has 2 saturated heterocycles. The Kier molecular flexibility index (Phi) is 3.39. The van der Waals surface area contributed by atoms with Crippen molar-refractivity contribution in [2.24, 2.45) is 5.41 Å². The van der Waals surface area contributed by atoms with Gasteiger partial charge in [0.15, 0.2) is 0 Å². The number of halogens is 1. The summed E-state index contributed by atoms with van der Waals surface area (Å²) >= 11 is 0.